The number of hydrogen-bond donors (Lipinski definition) is 1. The second-order valence-corrected chi connectivity index (χ2v) is 6.61. The van der Waals surface area contributed by atoms with Crippen LogP contribution < -0.4 is 5.32 Å². The van der Waals surface area contributed by atoms with Crippen LogP contribution in [0.2, 0.25) is 0 Å². The number of hydrogen-bond acceptors (Lipinski definition) is 2. The zero-order chi connectivity index (χ0) is 11.7. The maximum Gasteiger partial charge on any atom is 0.0462 e. The van der Waals surface area contributed by atoms with E-state index in [4.69, 9.17) is 4.74 Å². The predicted octanol–water partition coefficient (Wildman–Crippen LogP) is 2.83. The molecule has 4 aliphatic carbocycles. The van der Waals surface area contributed by atoms with Crippen LogP contribution in [0.1, 0.15) is 44.9 Å². The third kappa shape index (κ3) is 2.53. The minimum absolute atomic E-state index is 0.866. The number of rotatable bonds is 6. The van der Waals surface area contributed by atoms with E-state index in [1.807, 2.05) is 0 Å². The van der Waals surface area contributed by atoms with E-state index in [0.717, 1.165) is 36.3 Å². The van der Waals surface area contributed by atoms with Crippen LogP contribution >= 0.6 is 0 Å². The Kier molecular flexibility index (Phi) is 3.72. The third-order valence-electron chi connectivity index (χ3n) is 5.38. The molecular weight excluding hydrogens is 210 g/mol. The molecule has 1 N–H and O–H groups in total. The molecule has 4 saturated carbocycles. The lowest BCUT2D eigenvalue weighted by molar-refractivity contribution is -0.0136. The highest BCUT2D eigenvalue weighted by molar-refractivity contribution is 5.01. The summed E-state index contributed by atoms with van der Waals surface area (Å²) in [7, 11) is 1.80. The first-order valence-corrected chi connectivity index (χ1v) is 7.59. The van der Waals surface area contributed by atoms with Gasteiger partial charge in [-0.3, -0.25) is 0 Å². The molecule has 17 heavy (non-hydrogen) atoms. The Morgan fingerprint density at radius 3 is 2.18 bits per heavy atom. The molecule has 4 fully saturated rings. The molecule has 0 spiro atoms. The second kappa shape index (κ2) is 5.27. The fourth-order valence-electron chi connectivity index (χ4n) is 4.90. The Labute approximate surface area is 105 Å². The Balaban J connectivity index is 1.44. The predicted molar refractivity (Wildman–Crippen MR) is 69.9 cm³/mol. The average Bonchev–Trinajstić information content (AvgIpc) is 2.31. The zero-order valence-electron chi connectivity index (χ0n) is 11.2. The van der Waals surface area contributed by atoms with Gasteiger partial charge in [0.25, 0.3) is 0 Å². The fraction of sp³-hybridized carbons (Fsp3) is 1.00. The van der Waals surface area contributed by atoms with E-state index in [2.05, 4.69) is 5.32 Å². The maximum atomic E-state index is 5.10. The van der Waals surface area contributed by atoms with Crippen molar-refractivity contribution in [3.05, 3.63) is 0 Å². The van der Waals surface area contributed by atoms with Gasteiger partial charge < -0.3 is 10.1 Å². The van der Waals surface area contributed by atoms with Crippen molar-refractivity contribution in [3.8, 4) is 0 Å². The Morgan fingerprint density at radius 2 is 1.59 bits per heavy atom. The van der Waals surface area contributed by atoms with Crippen molar-refractivity contribution in [3.63, 3.8) is 0 Å². The van der Waals surface area contributed by atoms with Crippen molar-refractivity contribution < 1.29 is 4.74 Å². The van der Waals surface area contributed by atoms with Gasteiger partial charge in [-0.05, 0) is 75.2 Å². The lowest BCUT2D eigenvalue weighted by Crippen LogP contribution is -2.54. The van der Waals surface area contributed by atoms with Crippen LogP contribution in [0.4, 0.5) is 0 Å². The van der Waals surface area contributed by atoms with Crippen LogP contribution in [-0.2, 0) is 4.74 Å². The van der Waals surface area contributed by atoms with Crippen molar-refractivity contribution in [1.82, 2.24) is 5.32 Å². The van der Waals surface area contributed by atoms with Crippen molar-refractivity contribution >= 4 is 0 Å². The molecule has 0 unspecified atom stereocenters. The number of ether oxygens (including phenoxy) is 1. The Morgan fingerprint density at radius 1 is 0.941 bits per heavy atom. The lowest BCUT2D eigenvalue weighted by atomic mass is 9.54. The molecule has 0 aromatic heterocycles. The van der Waals surface area contributed by atoms with E-state index in [1.54, 1.807) is 13.5 Å². The normalized spacial score (nSPS) is 43.2. The standard InChI is InChI=1S/C15H27NO/c1-17-5-3-2-4-16-15-13-7-11-6-12(9-13)10-14(15)8-11/h11-16H,2-10H2,1H3. The number of methoxy groups -OCH3 is 1. The quantitative estimate of drug-likeness (QED) is 0.717. The van der Waals surface area contributed by atoms with Crippen LogP contribution in [0.15, 0.2) is 0 Å². The minimum Gasteiger partial charge on any atom is -0.385 e. The van der Waals surface area contributed by atoms with Gasteiger partial charge in [0.05, 0.1) is 0 Å². The summed E-state index contributed by atoms with van der Waals surface area (Å²) < 4.78 is 5.10. The molecule has 4 aliphatic rings. The third-order valence-corrected chi connectivity index (χ3v) is 5.38. The van der Waals surface area contributed by atoms with E-state index >= 15 is 0 Å². The molecule has 0 heterocycles. The zero-order valence-corrected chi connectivity index (χ0v) is 11.2. The van der Waals surface area contributed by atoms with Gasteiger partial charge in [0.2, 0.25) is 0 Å². The summed E-state index contributed by atoms with van der Waals surface area (Å²) in [6.07, 6.45) is 10.2. The molecule has 0 aromatic rings. The van der Waals surface area contributed by atoms with Gasteiger partial charge in [0.15, 0.2) is 0 Å². The molecule has 2 heteroatoms. The molecule has 0 atom stereocenters. The van der Waals surface area contributed by atoms with E-state index in [0.29, 0.717) is 0 Å². The first-order chi connectivity index (χ1) is 8.36. The highest BCUT2D eigenvalue weighted by Crippen LogP contribution is 2.53. The van der Waals surface area contributed by atoms with Gasteiger partial charge in [0.1, 0.15) is 0 Å². The van der Waals surface area contributed by atoms with Gasteiger partial charge in [-0.15, -0.1) is 0 Å². The Bertz CT molecular complexity index is 225. The maximum absolute atomic E-state index is 5.10. The van der Waals surface area contributed by atoms with Gasteiger partial charge in [0, 0.05) is 19.8 Å². The molecule has 4 bridgehead atoms. The van der Waals surface area contributed by atoms with Crippen molar-refractivity contribution in [1.29, 1.82) is 0 Å². The molecule has 98 valence electrons. The summed E-state index contributed by atoms with van der Waals surface area (Å²) in [6, 6.07) is 0.866. The summed E-state index contributed by atoms with van der Waals surface area (Å²) in [5, 5.41) is 3.87. The second-order valence-electron chi connectivity index (χ2n) is 6.61. The first kappa shape index (κ1) is 12.0. The van der Waals surface area contributed by atoms with Crippen molar-refractivity contribution in [2.45, 2.75) is 51.0 Å². The highest BCUT2D eigenvalue weighted by Gasteiger charge is 2.47. The van der Waals surface area contributed by atoms with Crippen molar-refractivity contribution in [2.75, 3.05) is 20.3 Å². The van der Waals surface area contributed by atoms with Gasteiger partial charge in [-0.1, -0.05) is 0 Å². The van der Waals surface area contributed by atoms with Crippen LogP contribution in [-0.4, -0.2) is 26.3 Å². The number of unbranched alkanes of at least 4 members (excludes halogenated alkanes) is 1. The average molecular weight is 237 g/mol. The van der Waals surface area contributed by atoms with E-state index in [9.17, 15) is 0 Å². The van der Waals surface area contributed by atoms with E-state index in [1.165, 1.54) is 45.1 Å². The molecule has 4 rings (SSSR count). The summed E-state index contributed by atoms with van der Waals surface area (Å²) in [5.74, 6) is 4.25. The molecule has 0 aliphatic heterocycles. The van der Waals surface area contributed by atoms with Gasteiger partial charge >= 0.3 is 0 Å². The smallest absolute Gasteiger partial charge is 0.0462 e. The molecule has 0 saturated heterocycles. The summed E-state index contributed by atoms with van der Waals surface area (Å²) in [6.45, 7) is 2.12. The largest absolute Gasteiger partial charge is 0.385 e. The molecule has 2 nitrogen and oxygen atoms in total. The number of nitrogens with one attached hydrogen (secondary N) is 1. The first-order valence-electron chi connectivity index (χ1n) is 7.59. The van der Waals surface area contributed by atoms with Crippen LogP contribution in [0, 0.1) is 23.7 Å². The monoisotopic (exact) mass is 237 g/mol. The molecule has 0 radical (unpaired) electrons. The molecule has 0 amide bonds. The van der Waals surface area contributed by atoms with Crippen LogP contribution in [0.5, 0.6) is 0 Å². The van der Waals surface area contributed by atoms with E-state index in [-0.39, 0.29) is 0 Å². The highest BCUT2D eigenvalue weighted by atomic mass is 16.5. The minimum atomic E-state index is 0.866. The summed E-state index contributed by atoms with van der Waals surface area (Å²) >= 11 is 0. The molecular formula is C15H27NO. The fourth-order valence-corrected chi connectivity index (χ4v) is 4.90. The molecule has 0 aromatic carbocycles. The topological polar surface area (TPSA) is 21.3 Å². The Hall–Kier alpha value is -0.0800. The van der Waals surface area contributed by atoms with Crippen LogP contribution in [0.25, 0.3) is 0 Å². The lowest BCUT2D eigenvalue weighted by Gasteiger charge is -2.54. The van der Waals surface area contributed by atoms with E-state index < -0.39 is 0 Å². The van der Waals surface area contributed by atoms with Crippen LogP contribution in [0.3, 0.4) is 0 Å². The summed E-state index contributed by atoms with van der Waals surface area (Å²) in [4.78, 5) is 0. The van der Waals surface area contributed by atoms with Crippen molar-refractivity contribution in [2.24, 2.45) is 23.7 Å². The van der Waals surface area contributed by atoms with Gasteiger partial charge in [-0.25, -0.2) is 0 Å². The van der Waals surface area contributed by atoms with Gasteiger partial charge in [-0.2, -0.15) is 0 Å². The SMILES string of the molecule is COCCCCNC1C2CC3CC(C2)CC1C3. The summed E-state index contributed by atoms with van der Waals surface area (Å²) in [5.41, 5.74) is 0.